The van der Waals surface area contributed by atoms with Crippen molar-refractivity contribution in [1.29, 1.82) is 0 Å². The van der Waals surface area contributed by atoms with Crippen molar-refractivity contribution < 1.29 is 50.7 Å². The number of phosphoric ester groups is 1. The number of aromatic amines is 1. The van der Waals surface area contributed by atoms with Crippen LogP contribution >= 0.6 is 15.3 Å². The van der Waals surface area contributed by atoms with Crippen LogP contribution in [0.15, 0.2) is 23.8 Å². The van der Waals surface area contributed by atoms with E-state index in [1.807, 2.05) is 0 Å². The van der Waals surface area contributed by atoms with E-state index in [0.29, 0.717) is 0 Å². The fraction of sp³-hybridized carbons (Fsp3) is 0.545. The molecule has 0 aromatic carbocycles. The van der Waals surface area contributed by atoms with E-state index in [4.69, 9.17) is 38.0 Å². The molecule has 3 aliphatic heterocycles. The van der Waals surface area contributed by atoms with E-state index in [1.165, 1.54) is 28.9 Å². The number of nitrogens with two attached hydrogens (primary N) is 1. The number of halogens is 1. The number of aryl methyl sites for hydroxylation is 1. The smallest absolute Gasteiger partial charge is 0.382 e. The zero-order valence-electron chi connectivity index (χ0n) is 24.3. The highest BCUT2D eigenvalue weighted by atomic mass is 31.2. The van der Waals surface area contributed by atoms with Crippen molar-refractivity contribution in [2.45, 2.75) is 56.1 Å². The first kappa shape index (κ1) is 31.4. The first-order chi connectivity index (χ1) is 21.9. The van der Waals surface area contributed by atoms with Crippen LogP contribution < -0.4 is 11.3 Å². The molecule has 7 heterocycles. The fourth-order valence-electron chi connectivity index (χ4n) is 5.73. The van der Waals surface area contributed by atoms with Crippen LogP contribution in [-0.4, -0.2) is 109 Å². The topological polar surface area (TPSA) is 252 Å². The number of H-pyrrole nitrogens is 1. The third kappa shape index (κ3) is 5.47. The number of methoxy groups -OCH3 is 1. The quantitative estimate of drug-likeness (QED) is 0.184. The second-order valence-corrected chi connectivity index (χ2v) is 14.2. The summed E-state index contributed by atoms with van der Waals surface area (Å²) in [6, 6.07) is 0. The van der Waals surface area contributed by atoms with Crippen LogP contribution in [0.4, 0.5) is 10.2 Å². The highest BCUT2D eigenvalue weighted by Crippen LogP contribution is 2.54. The monoisotopic (exact) mass is 685 g/mol. The zero-order chi connectivity index (χ0) is 32.5. The molecular formula is C22H27BFN9O11P2. The van der Waals surface area contributed by atoms with Crippen molar-refractivity contribution in [3.8, 4) is 0 Å². The summed E-state index contributed by atoms with van der Waals surface area (Å²) in [4.78, 5) is 46.4. The predicted octanol–water partition coefficient (Wildman–Crippen LogP) is -0.343. The minimum absolute atomic E-state index is 0.0227. The number of hydrogen-bond donors (Lipinski definition) is 3. The van der Waals surface area contributed by atoms with E-state index in [9.17, 15) is 18.8 Å². The maximum Gasteiger partial charge on any atom is 0.472 e. The van der Waals surface area contributed by atoms with Crippen LogP contribution in [0.2, 0.25) is 0 Å². The summed E-state index contributed by atoms with van der Waals surface area (Å²) in [5.41, 5.74) is 5.75. The molecule has 0 aliphatic carbocycles. The second kappa shape index (κ2) is 11.5. The van der Waals surface area contributed by atoms with E-state index in [0.717, 1.165) is 13.9 Å². The Kier molecular flexibility index (Phi) is 7.87. The largest absolute Gasteiger partial charge is 0.472 e. The van der Waals surface area contributed by atoms with Gasteiger partial charge in [-0.15, -0.1) is 0 Å². The summed E-state index contributed by atoms with van der Waals surface area (Å²) >= 11 is 0. The maximum atomic E-state index is 16.1. The number of nitrogens with zero attached hydrogens (tertiary/aromatic N) is 7. The average Bonchev–Trinajstić information content (AvgIpc) is 3.75. The number of fused-ring (bicyclic) bond motifs is 5. The molecule has 2 bridgehead atoms. The molecule has 0 radical (unpaired) electrons. The number of nitrogens with one attached hydrogen (secondary N) is 1. The van der Waals surface area contributed by atoms with Gasteiger partial charge >= 0.3 is 7.82 Å². The molecule has 3 fully saturated rings. The lowest BCUT2D eigenvalue weighted by Crippen LogP contribution is -2.37. The first-order valence-electron chi connectivity index (χ1n) is 13.8. The summed E-state index contributed by atoms with van der Waals surface area (Å²) in [6.07, 6.45) is -7.62. The molecular weight excluding hydrogens is 658 g/mol. The molecule has 0 saturated carbocycles. The van der Waals surface area contributed by atoms with Crippen molar-refractivity contribution in [3.05, 3.63) is 35.2 Å². The highest BCUT2D eigenvalue weighted by molar-refractivity contribution is 7.79. The third-order valence-corrected chi connectivity index (χ3v) is 9.98. The number of rotatable bonds is 3. The van der Waals surface area contributed by atoms with Gasteiger partial charge in [0.1, 0.15) is 48.2 Å². The minimum atomic E-state index is -5.00. The molecule has 0 amide bonds. The number of anilines is 1. The van der Waals surface area contributed by atoms with Gasteiger partial charge in [-0.25, -0.2) is 33.9 Å². The maximum absolute atomic E-state index is 16.1. The lowest BCUT2D eigenvalue weighted by atomic mass is 10.1. The van der Waals surface area contributed by atoms with E-state index in [1.54, 1.807) is 6.92 Å². The lowest BCUT2D eigenvalue weighted by molar-refractivity contribution is -0.0630. The summed E-state index contributed by atoms with van der Waals surface area (Å²) in [7, 11) is -6.65. The van der Waals surface area contributed by atoms with Crippen molar-refractivity contribution in [2.24, 2.45) is 0 Å². The average molecular weight is 685 g/mol. The number of phosphoric acid groups is 1. The predicted molar refractivity (Wildman–Crippen MR) is 154 cm³/mol. The van der Waals surface area contributed by atoms with Crippen molar-refractivity contribution in [1.82, 2.24) is 39.0 Å². The molecule has 46 heavy (non-hydrogen) atoms. The van der Waals surface area contributed by atoms with Gasteiger partial charge in [-0.3, -0.25) is 27.5 Å². The van der Waals surface area contributed by atoms with Crippen LogP contribution in [0.25, 0.3) is 22.3 Å². The van der Waals surface area contributed by atoms with E-state index < -0.39 is 83.2 Å². The fourth-order valence-corrected chi connectivity index (χ4v) is 7.83. The van der Waals surface area contributed by atoms with Gasteiger partial charge in [0.05, 0.1) is 25.9 Å². The third-order valence-electron chi connectivity index (χ3n) is 7.75. The molecule has 246 valence electrons. The number of hydrogen-bond acceptors (Lipinski definition) is 16. The molecule has 0 spiro atoms. The lowest BCUT2D eigenvalue weighted by Gasteiger charge is -2.26. The van der Waals surface area contributed by atoms with Gasteiger partial charge in [0.2, 0.25) is 0 Å². The molecule has 4 N–H and O–H groups in total. The molecule has 24 heteroatoms. The van der Waals surface area contributed by atoms with Gasteiger partial charge in [-0.1, -0.05) is 0 Å². The second-order valence-electron chi connectivity index (χ2n) is 10.8. The van der Waals surface area contributed by atoms with E-state index in [2.05, 4.69) is 29.9 Å². The molecule has 10 atom stereocenters. The number of ether oxygens (including phenoxy) is 3. The number of imidazole rings is 2. The standard InChI is InChI=1S/C22H27BFN9O11P2/c1-8-30-19-13(20(34)31-8)29-7-33(19)22-16-15(38-2)10(42-22)3-39-45(23,35)43-14-9(4-40-46(36,37)44-16)41-21(11(14)24)32-6-28-12-17(25)26-5-27-18(12)32/h5-7,9-11,14-16,21-22H,3-4,23H2,1-2H3,(H,36,37)(H2,25,26,27)(H,30,31,34)/t9?,10?,11?,14?,15?,16?,21?,22?,45-/m1/s1. The zero-order valence-corrected chi connectivity index (χ0v) is 26.1. The van der Waals surface area contributed by atoms with Crippen LogP contribution in [0.5, 0.6) is 0 Å². The first-order valence-corrected chi connectivity index (χ1v) is 17.2. The molecule has 4 aromatic rings. The van der Waals surface area contributed by atoms with Gasteiger partial charge in [0, 0.05) is 7.11 Å². The number of nitrogen functional groups attached to an aromatic ring is 1. The SMILES string of the molecule is B[P@@]1(=O)OCC2OC(n3cnc4c(=O)[nH]c(C)nc43)C(OP(=O)(O)OCC3OC(n4cnc5c(N)ncnc54)C(F)C3O1)C2OC. The minimum Gasteiger partial charge on any atom is -0.382 e. The van der Waals surface area contributed by atoms with Crippen LogP contribution in [0.1, 0.15) is 18.3 Å². The van der Waals surface area contributed by atoms with Gasteiger partial charge < -0.3 is 38.9 Å². The Bertz CT molecular complexity index is 1960. The number of aromatic nitrogens is 8. The highest BCUT2D eigenvalue weighted by Gasteiger charge is 2.54. The Morgan fingerprint density at radius 1 is 1.02 bits per heavy atom. The Morgan fingerprint density at radius 2 is 1.72 bits per heavy atom. The van der Waals surface area contributed by atoms with Crippen LogP contribution in [0, 0.1) is 6.92 Å². The summed E-state index contributed by atoms with van der Waals surface area (Å²) < 4.78 is 85.4. The van der Waals surface area contributed by atoms with E-state index in [-0.39, 0.29) is 34.0 Å². The van der Waals surface area contributed by atoms with Gasteiger partial charge in [0.25, 0.3) is 20.6 Å². The van der Waals surface area contributed by atoms with Crippen molar-refractivity contribution >= 4 is 51.0 Å². The van der Waals surface area contributed by atoms with E-state index >= 15 is 4.39 Å². The number of alkyl halides is 1. The molecule has 7 rings (SSSR count). The normalized spacial score (nSPS) is 37.1. The molecule has 4 aromatic heterocycles. The molecule has 9 unspecified atom stereocenters. The summed E-state index contributed by atoms with van der Waals surface area (Å²) in [5.74, 6) is 0.325. The Labute approximate surface area is 258 Å². The summed E-state index contributed by atoms with van der Waals surface area (Å²) in [5, 5.41) is 0. The van der Waals surface area contributed by atoms with Crippen molar-refractivity contribution in [2.75, 3.05) is 26.1 Å². The van der Waals surface area contributed by atoms with Gasteiger partial charge in [0.15, 0.2) is 41.3 Å². The van der Waals surface area contributed by atoms with Crippen molar-refractivity contribution in [3.63, 3.8) is 0 Å². The van der Waals surface area contributed by atoms with Gasteiger partial charge in [-0.05, 0) is 6.92 Å². The summed E-state index contributed by atoms with van der Waals surface area (Å²) in [6.45, 7) is 0.370. The van der Waals surface area contributed by atoms with Crippen LogP contribution in [-0.2, 0) is 41.4 Å². The Morgan fingerprint density at radius 3 is 2.48 bits per heavy atom. The molecule has 20 nitrogen and oxygen atoms in total. The molecule has 3 aliphatic rings. The Hall–Kier alpha value is -3.17. The molecule has 3 saturated heterocycles. The Balaban J connectivity index is 1.22. The van der Waals surface area contributed by atoms with Crippen LogP contribution in [0.3, 0.4) is 0 Å². The van der Waals surface area contributed by atoms with Gasteiger partial charge in [-0.2, -0.15) is 0 Å².